The van der Waals surface area contributed by atoms with E-state index in [-0.39, 0.29) is 26.1 Å². The highest BCUT2D eigenvalue weighted by atomic mass is 16.6. The van der Waals surface area contributed by atoms with Crippen LogP contribution in [-0.2, 0) is 32.3 Å². The van der Waals surface area contributed by atoms with Crippen LogP contribution in [-0.4, -0.2) is 29.2 Å². The number of esters is 1. The Labute approximate surface area is 169 Å². The van der Waals surface area contributed by atoms with Gasteiger partial charge in [0.25, 0.3) is 0 Å². The summed E-state index contributed by atoms with van der Waals surface area (Å²) in [6, 6.07) is 17.5. The van der Waals surface area contributed by atoms with E-state index in [4.69, 9.17) is 14.6 Å². The van der Waals surface area contributed by atoms with Crippen molar-refractivity contribution in [3.8, 4) is 0 Å². The fraction of sp³-hybridized carbons (Fsp3) is 0.318. The van der Waals surface area contributed by atoms with Gasteiger partial charge in [0.2, 0.25) is 0 Å². The molecule has 0 bridgehead atoms. The number of carbonyl (C=O) groups is 3. The highest BCUT2D eigenvalue weighted by Crippen LogP contribution is 2.09. The molecule has 0 aliphatic heterocycles. The lowest BCUT2D eigenvalue weighted by atomic mass is 10.1. The van der Waals surface area contributed by atoms with Crippen molar-refractivity contribution in [1.82, 2.24) is 5.32 Å². The number of hydrogen-bond acceptors (Lipinski definition) is 5. The molecule has 0 spiro atoms. The smallest absolute Gasteiger partial charge is 0.408 e. The quantitative estimate of drug-likeness (QED) is 0.442. The molecule has 0 aliphatic rings. The molecule has 0 heterocycles. The highest BCUT2D eigenvalue weighted by molar-refractivity contribution is 5.81. The highest BCUT2D eigenvalue weighted by Gasteiger charge is 2.23. The second-order valence-electron chi connectivity index (χ2n) is 6.49. The summed E-state index contributed by atoms with van der Waals surface area (Å²) in [5, 5.41) is 11.3. The van der Waals surface area contributed by atoms with Crippen LogP contribution in [0.5, 0.6) is 0 Å². The Hall–Kier alpha value is -3.35. The average Bonchev–Trinajstić information content (AvgIpc) is 2.74. The molecule has 0 radical (unpaired) electrons. The van der Waals surface area contributed by atoms with Gasteiger partial charge >= 0.3 is 18.0 Å². The Balaban J connectivity index is 1.87. The van der Waals surface area contributed by atoms with Crippen LogP contribution < -0.4 is 5.32 Å². The number of carboxylic acids is 1. The first-order valence-electron chi connectivity index (χ1n) is 9.44. The topological polar surface area (TPSA) is 102 Å². The van der Waals surface area contributed by atoms with Crippen molar-refractivity contribution in [2.24, 2.45) is 0 Å². The maximum absolute atomic E-state index is 12.4. The Morgan fingerprint density at radius 3 is 1.93 bits per heavy atom. The van der Waals surface area contributed by atoms with E-state index in [1.54, 1.807) is 0 Å². The van der Waals surface area contributed by atoms with Crippen molar-refractivity contribution in [2.75, 3.05) is 0 Å². The van der Waals surface area contributed by atoms with E-state index < -0.39 is 24.1 Å². The van der Waals surface area contributed by atoms with Crippen LogP contribution in [0.2, 0.25) is 0 Å². The van der Waals surface area contributed by atoms with Gasteiger partial charge in [0.05, 0.1) is 0 Å². The Kier molecular flexibility index (Phi) is 9.21. The van der Waals surface area contributed by atoms with Gasteiger partial charge in [-0.3, -0.25) is 4.79 Å². The van der Waals surface area contributed by atoms with Crippen LogP contribution in [0, 0.1) is 0 Å². The summed E-state index contributed by atoms with van der Waals surface area (Å²) in [6.07, 6.45) is 0.397. The number of benzene rings is 2. The van der Waals surface area contributed by atoms with E-state index in [2.05, 4.69) is 5.32 Å². The maximum Gasteiger partial charge on any atom is 0.408 e. The molecular formula is C22H25NO6. The molecular weight excluding hydrogens is 374 g/mol. The summed E-state index contributed by atoms with van der Waals surface area (Å²) in [5.74, 6) is -1.48. The minimum Gasteiger partial charge on any atom is -0.481 e. The fourth-order valence-corrected chi connectivity index (χ4v) is 2.61. The van der Waals surface area contributed by atoms with Crippen molar-refractivity contribution >= 4 is 18.0 Å². The van der Waals surface area contributed by atoms with Crippen molar-refractivity contribution in [2.45, 2.75) is 44.9 Å². The fourth-order valence-electron chi connectivity index (χ4n) is 2.61. The molecule has 0 fully saturated rings. The van der Waals surface area contributed by atoms with E-state index in [0.717, 1.165) is 11.1 Å². The number of rotatable bonds is 11. The van der Waals surface area contributed by atoms with Gasteiger partial charge in [-0.1, -0.05) is 67.1 Å². The van der Waals surface area contributed by atoms with Gasteiger partial charge in [-0.25, -0.2) is 9.59 Å². The Morgan fingerprint density at radius 2 is 1.38 bits per heavy atom. The van der Waals surface area contributed by atoms with E-state index in [1.807, 2.05) is 60.7 Å². The number of ether oxygens (including phenoxy) is 2. The van der Waals surface area contributed by atoms with E-state index in [1.165, 1.54) is 0 Å². The summed E-state index contributed by atoms with van der Waals surface area (Å²) in [7, 11) is 0. The third kappa shape index (κ3) is 8.92. The molecule has 1 amide bonds. The minimum atomic E-state index is -0.907. The molecule has 29 heavy (non-hydrogen) atoms. The third-order valence-electron chi connectivity index (χ3n) is 4.15. The van der Waals surface area contributed by atoms with Crippen LogP contribution >= 0.6 is 0 Å². The third-order valence-corrected chi connectivity index (χ3v) is 4.15. The van der Waals surface area contributed by atoms with Gasteiger partial charge in [-0.15, -0.1) is 0 Å². The predicted octanol–water partition coefficient (Wildman–Crippen LogP) is 3.67. The SMILES string of the molecule is O=C(O)CCCCC(NC(=O)OCc1ccccc1)C(=O)OCc1ccccc1. The largest absolute Gasteiger partial charge is 0.481 e. The second kappa shape index (κ2) is 12.2. The van der Waals surface area contributed by atoms with Crippen molar-refractivity contribution < 1.29 is 29.0 Å². The molecule has 154 valence electrons. The van der Waals surface area contributed by atoms with Crippen LogP contribution in [0.15, 0.2) is 60.7 Å². The molecule has 0 saturated carbocycles. The molecule has 0 aliphatic carbocycles. The number of hydrogen-bond donors (Lipinski definition) is 2. The number of amides is 1. The lowest BCUT2D eigenvalue weighted by Crippen LogP contribution is -2.42. The summed E-state index contributed by atoms with van der Waals surface area (Å²) in [5.41, 5.74) is 1.66. The van der Waals surface area contributed by atoms with Gasteiger partial charge in [-0.2, -0.15) is 0 Å². The number of carboxylic acid groups (broad SMARTS) is 1. The summed E-state index contributed by atoms with van der Waals surface area (Å²) >= 11 is 0. The van der Waals surface area contributed by atoms with Crippen LogP contribution in [0.3, 0.4) is 0 Å². The van der Waals surface area contributed by atoms with E-state index in [9.17, 15) is 14.4 Å². The van der Waals surface area contributed by atoms with Crippen LogP contribution in [0.4, 0.5) is 4.79 Å². The van der Waals surface area contributed by atoms with Crippen molar-refractivity contribution in [1.29, 1.82) is 0 Å². The van der Waals surface area contributed by atoms with Gasteiger partial charge in [0.15, 0.2) is 0 Å². The zero-order valence-electron chi connectivity index (χ0n) is 16.1. The molecule has 0 aromatic heterocycles. The van der Waals surface area contributed by atoms with Crippen molar-refractivity contribution in [3.05, 3.63) is 71.8 Å². The monoisotopic (exact) mass is 399 g/mol. The summed E-state index contributed by atoms with van der Waals surface area (Å²) in [4.78, 5) is 35.2. The molecule has 2 N–H and O–H groups in total. The molecule has 2 rings (SSSR count). The van der Waals surface area contributed by atoms with Gasteiger partial charge in [-0.05, 0) is 24.0 Å². The summed E-state index contributed by atoms with van der Waals surface area (Å²) in [6.45, 7) is 0.170. The first-order valence-corrected chi connectivity index (χ1v) is 9.44. The molecule has 0 saturated heterocycles. The number of alkyl carbamates (subject to hydrolysis) is 1. The number of carbonyl (C=O) groups excluding carboxylic acids is 2. The average molecular weight is 399 g/mol. The standard InChI is InChI=1S/C22H25NO6/c24-20(25)14-8-7-13-19(21(26)28-15-17-9-3-1-4-10-17)23-22(27)29-16-18-11-5-2-6-12-18/h1-6,9-12,19H,7-8,13-16H2,(H,23,27)(H,24,25). The van der Waals surface area contributed by atoms with Gasteiger partial charge < -0.3 is 19.9 Å². The molecule has 7 heteroatoms. The molecule has 1 unspecified atom stereocenters. The van der Waals surface area contributed by atoms with Crippen LogP contribution in [0.25, 0.3) is 0 Å². The Morgan fingerprint density at radius 1 is 0.828 bits per heavy atom. The molecule has 7 nitrogen and oxygen atoms in total. The predicted molar refractivity (Wildman–Crippen MR) is 106 cm³/mol. The first kappa shape index (κ1) is 21.9. The van der Waals surface area contributed by atoms with Gasteiger partial charge in [0.1, 0.15) is 19.3 Å². The summed E-state index contributed by atoms with van der Waals surface area (Å²) < 4.78 is 10.5. The van der Waals surface area contributed by atoms with Crippen molar-refractivity contribution in [3.63, 3.8) is 0 Å². The second-order valence-corrected chi connectivity index (χ2v) is 6.49. The number of nitrogens with one attached hydrogen (secondary N) is 1. The lowest BCUT2D eigenvalue weighted by molar-refractivity contribution is -0.147. The Bertz CT molecular complexity index is 778. The molecule has 1 atom stereocenters. The van der Waals surface area contributed by atoms with Crippen LogP contribution in [0.1, 0.15) is 36.8 Å². The molecule has 2 aromatic rings. The lowest BCUT2D eigenvalue weighted by Gasteiger charge is -2.17. The van der Waals surface area contributed by atoms with E-state index >= 15 is 0 Å². The zero-order valence-corrected chi connectivity index (χ0v) is 16.1. The van der Waals surface area contributed by atoms with E-state index in [0.29, 0.717) is 12.8 Å². The van der Waals surface area contributed by atoms with Gasteiger partial charge in [0, 0.05) is 6.42 Å². The number of unbranched alkanes of at least 4 members (excludes halogenated alkanes) is 1. The zero-order chi connectivity index (χ0) is 20.9. The maximum atomic E-state index is 12.4. The molecule has 2 aromatic carbocycles. The number of aliphatic carboxylic acids is 1. The first-order chi connectivity index (χ1) is 14.0. The normalized spacial score (nSPS) is 11.3. The minimum absolute atomic E-state index is 0.00420.